The zero-order valence-electron chi connectivity index (χ0n) is 12.4. The first-order chi connectivity index (χ1) is 10.2. The summed E-state index contributed by atoms with van der Waals surface area (Å²) < 4.78 is 0. The summed E-state index contributed by atoms with van der Waals surface area (Å²) in [5, 5.41) is 9.23. The summed E-state index contributed by atoms with van der Waals surface area (Å²) in [7, 11) is 4.05. The molecule has 0 bridgehead atoms. The molecule has 2 rings (SSSR count). The number of anilines is 1. The molecule has 1 N–H and O–H groups in total. The first-order valence-corrected chi connectivity index (χ1v) is 6.87. The monoisotopic (exact) mass is 280 g/mol. The predicted molar refractivity (Wildman–Crippen MR) is 90.3 cm³/mol. The van der Waals surface area contributed by atoms with Crippen molar-refractivity contribution in [1.82, 2.24) is 0 Å². The van der Waals surface area contributed by atoms with Crippen LogP contribution in [0.15, 0.2) is 59.6 Å². The highest BCUT2D eigenvalue weighted by Crippen LogP contribution is 2.18. The fourth-order valence-electron chi connectivity index (χ4n) is 1.93. The minimum absolute atomic E-state index is 0.00320. The summed E-state index contributed by atoms with van der Waals surface area (Å²) >= 11 is 0. The molecule has 2 aromatic rings. The van der Waals surface area contributed by atoms with Crippen molar-refractivity contribution in [2.75, 3.05) is 19.0 Å². The Labute approximate surface area is 125 Å². The Hall–Kier alpha value is -2.39. The average molecular weight is 280 g/mol. The van der Waals surface area contributed by atoms with Gasteiger partial charge in [0.05, 0.1) is 12.3 Å². The van der Waals surface area contributed by atoms with E-state index in [4.69, 9.17) is 0 Å². The van der Waals surface area contributed by atoms with Gasteiger partial charge in [0.25, 0.3) is 0 Å². The quantitative estimate of drug-likeness (QED) is 0.848. The van der Waals surface area contributed by atoms with E-state index in [0.717, 1.165) is 16.8 Å². The van der Waals surface area contributed by atoms with Crippen LogP contribution >= 0.6 is 0 Å². The van der Waals surface area contributed by atoms with Crippen LogP contribution in [0.5, 0.6) is 0 Å². The second kappa shape index (κ2) is 7.41. The van der Waals surface area contributed by atoms with Gasteiger partial charge in [-0.25, -0.2) is 0 Å². The normalized spacial score (nSPS) is 11.4. The fourth-order valence-corrected chi connectivity index (χ4v) is 1.93. The molecule has 0 fully saturated rings. The summed E-state index contributed by atoms with van der Waals surface area (Å²) in [6.45, 7) is 0.00320. The van der Waals surface area contributed by atoms with Crippen LogP contribution in [0.2, 0.25) is 0 Å². The van der Waals surface area contributed by atoms with Crippen molar-refractivity contribution >= 4 is 23.7 Å². The van der Waals surface area contributed by atoms with Crippen molar-refractivity contribution in [2.24, 2.45) is 4.99 Å². The van der Waals surface area contributed by atoms with Crippen molar-refractivity contribution in [1.29, 1.82) is 0 Å². The Bertz CT molecular complexity index is 628. The van der Waals surface area contributed by atoms with E-state index in [2.05, 4.69) is 34.2 Å². The van der Waals surface area contributed by atoms with E-state index >= 15 is 0 Å². The summed E-state index contributed by atoms with van der Waals surface area (Å²) in [4.78, 5) is 6.43. The third-order valence-electron chi connectivity index (χ3n) is 3.16. The molecule has 0 unspecified atom stereocenters. The van der Waals surface area contributed by atoms with Gasteiger partial charge in [0, 0.05) is 31.6 Å². The molecule has 0 spiro atoms. The maximum absolute atomic E-state index is 9.23. The third-order valence-corrected chi connectivity index (χ3v) is 3.16. The van der Waals surface area contributed by atoms with E-state index in [0.29, 0.717) is 0 Å². The molecule has 0 aliphatic heterocycles. The molecule has 0 aliphatic rings. The first kappa shape index (κ1) is 15.0. The maximum atomic E-state index is 9.23. The molecule has 2 aromatic carbocycles. The fraction of sp³-hybridized carbons (Fsp3) is 0.167. The lowest BCUT2D eigenvalue weighted by Crippen LogP contribution is -2.07. The summed E-state index contributed by atoms with van der Waals surface area (Å²) in [5.74, 6) is 0. The standard InChI is InChI=1S/C18H20N2O/c1-20(2)17-11-9-15(10-12-17)6-5-13-19-18-8-4-3-7-16(18)14-21/h3-13,21H,14H2,1-2H3/b6-5+,19-13?. The number of hydrogen-bond donors (Lipinski definition) is 1. The second-order valence-electron chi connectivity index (χ2n) is 4.91. The van der Waals surface area contributed by atoms with E-state index in [9.17, 15) is 5.11 Å². The molecule has 3 heteroatoms. The highest BCUT2D eigenvalue weighted by molar-refractivity contribution is 5.81. The van der Waals surface area contributed by atoms with E-state index in [1.807, 2.05) is 50.5 Å². The molecule has 0 saturated carbocycles. The number of aliphatic imine (C=N–C) groups is 1. The average Bonchev–Trinajstić information content (AvgIpc) is 2.52. The van der Waals surface area contributed by atoms with Gasteiger partial charge in [-0.2, -0.15) is 0 Å². The van der Waals surface area contributed by atoms with Gasteiger partial charge in [-0.1, -0.05) is 36.4 Å². The number of para-hydroxylation sites is 1. The molecular weight excluding hydrogens is 260 g/mol. The predicted octanol–water partition coefficient (Wildman–Crippen LogP) is 3.66. The number of rotatable bonds is 5. The largest absolute Gasteiger partial charge is 0.392 e. The van der Waals surface area contributed by atoms with Crippen LogP contribution in [-0.2, 0) is 6.61 Å². The van der Waals surface area contributed by atoms with Gasteiger partial charge in [-0.05, 0) is 29.8 Å². The van der Waals surface area contributed by atoms with Crippen LogP contribution < -0.4 is 4.90 Å². The van der Waals surface area contributed by atoms with Gasteiger partial charge in [0.1, 0.15) is 0 Å². The van der Waals surface area contributed by atoms with Crippen LogP contribution in [0.3, 0.4) is 0 Å². The Morgan fingerprint density at radius 3 is 2.43 bits per heavy atom. The van der Waals surface area contributed by atoms with Gasteiger partial charge in [-0.3, -0.25) is 4.99 Å². The number of benzene rings is 2. The maximum Gasteiger partial charge on any atom is 0.0702 e. The molecule has 0 aromatic heterocycles. The Morgan fingerprint density at radius 2 is 1.76 bits per heavy atom. The smallest absolute Gasteiger partial charge is 0.0702 e. The second-order valence-corrected chi connectivity index (χ2v) is 4.91. The van der Waals surface area contributed by atoms with E-state index in [1.54, 1.807) is 6.21 Å². The van der Waals surface area contributed by atoms with Crippen LogP contribution in [-0.4, -0.2) is 25.4 Å². The van der Waals surface area contributed by atoms with Crippen molar-refractivity contribution in [2.45, 2.75) is 6.61 Å². The number of allylic oxidation sites excluding steroid dienone is 1. The van der Waals surface area contributed by atoms with E-state index in [1.165, 1.54) is 5.69 Å². The summed E-state index contributed by atoms with van der Waals surface area (Å²) in [6.07, 6.45) is 5.65. The van der Waals surface area contributed by atoms with Crippen molar-refractivity contribution in [3.8, 4) is 0 Å². The molecule has 0 atom stereocenters. The van der Waals surface area contributed by atoms with Gasteiger partial charge in [0.2, 0.25) is 0 Å². The van der Waals surface area contributed by atoms with Gasteiger partial charge in [-0.15, -0.1) is 0 Å². The lowest BCUT2D eigenvalue weighted by molar-refractivity contribution is 0.282. The first-order valence-electron chi connectivity index (χ1n) is 6.87. The number of aliphatic hydroxyl groups is 1. The minimum Gasteiger partial charge on any atom is -0.392 e. The minimum atomic E-state index is 0.00320. The lowest BCUT2D eigenvalue weighted by Gasteiger charge is -2.11. The van der Waals surface area contributed by atoms with Crippen LogP contribution in [0.4, 0.5) is 11.4 Å². The summed E-state index contributed by atoms with van der Waals surface area (Å²) in [5.41, 5.74) is 3.94. The van der Waals surface area contributed by atoms with Crippen molar-refractivity contribution < 1.29 is 5.11 Å². The molecule has 0 heterocycles. The highest BCUT2D eigenvalue weighted by atomic mass is 16.3. The molecule has 0 radical (unpaired) electrons. The Balaban J connectivity index is 2.03. The zero-order chi connectivity index (χ0) is 15.1. The molecule has 0 saturated heterocycles. The topological polar surface area (TPSA) is 35.8 Å². The Morgan fingerprint density at radius 1 is 1.05 bits per heavy atom. The number of hydrogen-bond acceptors (Lipinski definition) is 3. The molecule has 21 heavy (non-hydrogen) atoms. The van der Waals surface area contributed by atoms with E-state index in [-0.39, 0.29) is 6.61 Å². The number of nitrogens with zero attached hydrogens (tertiary/aromatic N) is 2. The lowest BCUT2D eigenvalue weighted by atomic mass is 10.2. The SMILES string of the molecule is CN(C)c1ccc(/C=C/C=Nc2ccccc2CO)cc1. The van der Waals surface area contributed by atoms with Crippen LogP contribution in [0.25, 0.3) is 6.08 Å². The third kappa shape index (κ3) is 4.29. The highest BCUT2D eigenvalue weighted by Gasteiger charge is 1.96. The molecule has 3 nitrogen and oxygen atoms in total. The van der Waals surface area contributed by atoms with Gasteiger partial charge < -0.3 is 10.0 Å². The molecular formula is C18H20N2O. The molecule has 108 valence electrons. The molecule has 0 amide bonds. The molecule has 0 aliphatic carbocycles. The van der Waals surface area contributed by atoms with Crippen molar-refractivity contribution in [3.63, 3.8) is 0 Å². The summed E-state index contributed by atoms with van der Waals surface area (Å²) in [6, 6.07) is 15.9. The zero-order valence-corrected chi connectivity index (χ0v) is 12.4. The number of aliphatic hydroxyl groups excluding tert-OH is 1. The van der Waals surface area contributed by atoms with Gasteiger partial charge in [0.15, 0.2) is 0 Å². The van der Waals surface area contributed by atoms with Crippen molar-refractivity contribution in [3.05, 3.63) is 65.7 Å². The van der Waals surface area contributed by atoms with Crippen LogP contribution in [0.1, 0.15) is 11.1 Å². The van der Waals surface area contributed by atoms with Gasteiger partial charge >= 0.3 is 0 Å². The Kier molecular flexibility index (Phi) is 5.29. The van der Waals surface area contributed by atoms with Crippen LogP contribution in [0, 0.1) is 0 Å². The van der Waals surface area contributed by atoms with E-state index < -0.39 is 0 Å².